The Morgan fingerprint density at radius 3 is 2.67 bits per heavy atom. The third kappa shape index (κ3) is 2.27. The van der Waals surface area contributed by atoms with Gasteiger partial charge in [0.1, 0.15) is 0 Å². The van der Waals surface area contributed by atoms with E-state index in [2.05, 4.69) is 10.5 Å². The van der Waals surface area contributed by atoms with Crippen molar-refractivity contribution >= 4 is 5.84 Å². The number of nitrogens with zero attached hydrogens (tertiary/aromatic N) is 1. The molecule has 0 saturated heterocycles. The highest BCUT2D eigenvalue weighted by molar-refractivity contribution is 5.97. The number of benzene rings is 1. The predicted octanol–water partition coefficient (Wildman–Crippen LogP) is 0.916. The zero-order chi connectivity index (χ0) is 8.81. The number of hydrazone groups is 1. The van der Waals surface area contributed by atoms with Gasteiger partial charge in [-0.15, -0.1) is 0 Å². The normalized spacial score (nSPS) is 11.2. The van der Waals surface area contributed by atoms with Gasteiger partial charge in [-0.2, -0.15) is 5.10 Å². The van der Waals surface area contributed by atoms with E-state index in [1.807, 2.05) is 37.3 Å². The number of hydrogen-bond acceptors (Lipinski definition) is 2. The lowest BCUT2D eigenvalue weighted by molar-refractivity contribution is 0.782. The molecule has 0 aliphatic rings. The highest BCUT2D eigenvalue weighted by atomic mass is 15.3. The maximum Gasteiger partial charge on any atom is 0.150 e. The molecule has 0 aromatic heterocycles. The number of nitrogens with one attached hydrogen (secondary N) is 1. The molecule has 0 atom stereocenters. The van der Waals surface area contributed by atoms with Gasteiger partial charge >= 0.3 is 0 Å². The molecule has 12 heavy (non-hydrogen) atoms. The van der Waals surface area contributed by atoms with Gasteiger partial charge in [0.05, 0.1) is 0 Å². The van der Waals surface area contributed by atoms with Gasteiger partial charge in [-0.3, -0.25) is 0 Å². The second-order valence-corrected chi connectivity index (χ2v) is 2.37. The maximum absolute atomic E-state index is 5.67. The van der Waals surface area contributed by atoms with Crippen molar-refractivity contribution in [2.45, 2.75) is 6.92 Å². The van der Waals surface area contributed by atoms with Crippen LogP contribution in [0.2, 0.25) is 0 Å². The number of nitrogens with two attached hydrogens (primary N) is 1. The minimum Gasteiger partial charge on any atom is -0.382 e. The Labute approximate surface area is 72.3 Å². The van der Waals surface area contributed by atoms with E-state index in [0.717, 1.165) is 12.1 Å². The standard InChI is InChI=1S/C9H13N3/c1-2-11-12-9(10)8-6-4-3-5-7-8/h3-7,11H,2H2,1H3,(H2,10,12). The van der Waals surface area contributed by atoms with Crippen molar-refractivity contribution in [1.29, 1.82) is 0 Å². The Morgan fingerprint density at radius 2 is 2.08 bits per heavy atom. The predicted molar refractivity (Wildman–Crippen MR) is 50.8 cm³/mol. The molecule has 64 valence electrons. The van der Waals surface area contributed by atoms with E-state index in [1.54, 1.807) is 0 Å². The van der Waals surface area contributed by atoms with Crippen molar-refractivity contribution in [3.05, 3.63) is 35.9 Å². The first-order valence-corrected chi connectivity index (χ1v) is 3.96. The summed E-state index contributed by atoms with van der Waals surface area (Å²) in [4.78, 5) is 0. The summed E-state index contributed by atoms with van der Waals surface area (Å²) in [6.07, 6.45) is 0. The number of hydrogen-bond donors (Lipinski definition) is 2. The molecule has 0 bridgehead atoms. The van der Waals surface area contributed by atoms with E-state index in [9.17, 15) is 0 Å². The summed E-state index contributed by atoms with van der Waals surface area (Å²) < 4.78 is 0. The summed E-state index contributed by atoms with van der Waals surface area (Å²) in [7, 11) is 0. The molecular weight excluding hydrogens is 150 g/mol. The van der Waals surface area contributed by atoms with E-state index >= 15 is 0 Å². The van der Waals surface area contributed by atoms with Crippen LogP contribution in [0.1, 0.15) is 12.5 Å². The van der Waals surface area contributed by atoms with Gasteiger partial charge in [0.25, 0.3) is 0 Å². The van der Waals surface area contributed by atoms with Crippen LogP contribution in [0, 0.1) is 0 Å². The molecule has 0 heterocycles. The summed E-state index contributed by atoms with van der Waals surface area (Å²) in [5, 5.41) is 3.96. The second-order valence-electron chi connectivity index (χ2n) is 2.37. The molecule has 0 fully saturated rings. The van der Waals surface area contributed by atoms with Crippen molar-refractivity contribution in [3.63, 3.8) is 0 Å². The van der Waals surface area contributed by atoms with Crippen molar-refractivity contribution < 1.29 is 0 Å². The third-order valence-corrected chi connectivity index (χ3v) is 1.43. The van der Waals surface area contributed by atoms with Gasteiger partial charge in [0.2, 0.25) is 0 Å². The second kappa shape index (κ2) is 4.38. The van der Waals surface area contributed by atoms with Crippen molar-refractivity contribution in [3.8, 4) is 0 Å². The first-order chi connectivity index (χ1) is 5.84. The SMILES string of the molecule is CCNN=C(N)c1ccccc1. The molecular formula is C9H13N3. The van der Waals surface area contributed by atoms with Crippen LogP contribution in [-0.4, -0.2) is 12.4 Å². The minimum atomic E-state index is 0.525. The first-order valence-electron chi connectivity index (χ1n) is 3.96. The van der Waals surface area contributed by atoms with Crippen LogP contribution in [0.3, 0.4) is 0 Å². The molecule has 0 aliphatic carbocycles. The fourth-order valence-electron chi connectivity index (χ4n) is 0.838. The average molecular weight is 163 g/mol. The fraction of sp³-hybridized carbons (Fsp3) is 0.222. The minimum absolute atomic E-state index is 0.525. The quantitative estimate of drug-likeness (QED) is 0.395. The monoisotopic (exact) mass is 163 g/mol. The topological polar surface area (TPSA) is 50.4 Å². The molecule has 0 radical (unpaired) electrons. The molecule has 3 N–H and O–H groups in total. The summed E-state index contributed by atoms with van der Waals surface area (Å²) in [6, 6.07) is 9.67. The Hall–Kier alpha value is -1.51. The van der Waals surface area contributed by atoms with Crippen molar-refractivity contribution in [2.75, 3.05) is 6.54 Å². The lowest BCUT2D eigenvalue weighted by atomic mass is 10.2. The molecule has 0 aliphatic heterocycles. The van der Waals surface area contributed by atoms with Crippen LogP contribution >= 0.6 is 0 Å². The van der Waals surface area contributed by atoms with Crippen LogP contribution in [0.4, 0.5) is 0 Å². The zero-order valence-electron chi connectivity index (χ0n) is 7.12. The summed E-state index contributed by atoms with van der Waals surface area (Å²) in [6.45, 7) is 2.76. The lowest BCUT2D eigenvalue weighted by Gasteiger charge is -1.99. The molecule has 0 spiro atoms. The zero-order valence-corrected chi connectivity index (χ0v) is 7.12. The Kier molecular flexibility index (Phi) is 3.14. The van der Waals surface area contributed by atoms with E-state index < -0.39 is 0 Å². The van der Waals surface area contributed by atoms with Crippen LogP contribution in [0.15, 0.2) is 35.4 Å². The molecule has 0 amide bonds. The smallest absolute Gasteiger partial charge is 0.150 e. The molecule has 1 rings (SSSR count). The van der Waals surface area contributed by atoms with Gasteiger partial charge in [-0.1, -0.05) is 30.3 Å². The highest BCUT2D eigenvalue weighted by Gasteiger charge is 1.93. The van der Waals surface area contributed by atoms with Gasteiger partial charge in [0.15, 0.2) is 5.84 Å². The summed E-state index contributed by atoms with van der Waals surface area (Å²) in [5.74, 6) is 0.525. The van der Waals surface area contributed by atoms with Crippen LogP contribution in [-0.2, 0) is 0 Å². The fourth-order valence-corrected chi connectivity index (χ4v) is 0.838. The van der Waals surface area contributed by atoms with Crippen molar-refractivity contribution in [2.24, 2.45) is 10.8 Å². The van der Waals surface area contributed by atoms with E-state index in [0.29, 0.717) is 5.84 Å². The molecule has 1 aromatic carbocycles. The van der Waals surface area contributed by atoms with Crippen LogP contribution in [0.5, 0.6) is 0 Å². The number of amidine groups is 1. The number of rotatable bonds is 3. The average Bonchev–Trinajstić information content (AvgIpc) is 2.15. The summed E-state index contributed by atoms with van der Waals surface area (Å²) >= 11 is 0. The third-order valence-electron chi connectivity index (χ3n) is 1.43. The lowest BCUT2D eigenvalue weighted by Crippen LogP contribution is -2.18. The van der Waals surface area contributed by atoms with Crippen LogP contribution < -0.4 is 11.2 Å². The summed E-state index contributed by atoms with van der Waals surface area (Å²) in [5.41, 5.74) is 9.42. The Bertz CT molecular complexity index is 254. The van der Waals surface area contributed by atoms with E-state index in [1.165, 1.54) is 0 Å². The molecule has 0 unspecified atom stereocenters. The maximum atomic E-state index is 5.67. The molecule has 1 aromatic rings. The molecule has 0 saturated carbocycles. The Balaban J connectivity index is 2.71. The van der Waals surface area contributed by atoms with Gasteiger partial charge < -0.3 is 11.2 Å². The van der Waals surface area contributed by atoms with Gasteiger partial charge in [-0.05, 0) is 6.92 Å². The van der Waals surface area contributed by atoms with Crippen molar-refractivity contribution in [1.82, 2.24) is 5.43 Å². The van der Waals surface area contributed by atoms with Gasteiger partial charge in [0, 0.05) is 12.1 Å². The first kappa shape index (κ1) is 8.59. The molecule has 3 heteroatoms. The van der Waals surface area contributed by atoms with E-state index in [4.69, 9.17) is 5.73 Å². The van der Waals surface area contributed by atoms with Crippen LogP contribution in [0.25, 0.3) is 0 Å². The molecule has 3 nitrogen and oxygen atoms in total. The van der Waals surface area contributed by atoms with Gasteiger partial charge in [-0.25, -0.2) is 0 Å². The Morgan fingerprint density at radius 1 is 1.42 bits per heavy atom. The largest absolute Gasteiger partial charge is 0.382 e. The highest BCUT2D eigenvalue weighted by Crippen LogP contribution is 1.96. The van der Waals surface area contributed by atoms with E-state index in [-0.39, 0.29) is 0 Å².